The number of nitrogens with two attached hydrogens (primary N) is 1. The number of anilines is 1. The van der Waals surface area contributed by atoms with Crippen LogP contribution in [-0.4, -0.2) is 17.5 Å². The van der Waals surface area contributed by atoms with Gasteiger partial charge in [0.25, 0.3) is 0 Å². The van der Waals surface area contributed by atoms with Gasteiger partial charge in [-0.2, -0.15) is 10.4 Å². The number of nitriles is 1. The molecule has 0 saturated heterocycles. The van der Waals surface area contributed by atoms with Gasteiger partial charge in [0.1, 0.15) is 11.8 Å². The highest BCUT2D eigenvalue weighted by atomic mass is 35.5. The predicted octanol–water partition coefficient (Wildman–Crippen LogP) is 2.79. The number of amidine groups is 1. The third-order valence-electron chi connectivity index (χ3n) is 2.82. The molecule has 2 rings (SSSR count). The van der Waals surface area contributed by atoms with Gasteiger partial charge in [-0.15, -0.1) is 0 Å². The quantitative estimate of drug-likeness (QED) is 0.253. The molecule has 8 heteroatoms. The van der Waals surface area contributed by atoms with Crippen molar-refractivity contribution < 1.29 is 9.53 Å². The Hall–Kier alpha value is -3.37. The van der Waals surface area contributed by atoms with E-state index in [4.69, 9.17) is 32.7 Å². The molecular formula is C16H12ClN5O2. The van der Waals surface area contributed by atoms with E-state index in [1.54, 1.807) is 48.5 Å². The second-order valence-corrected chi connectivity index (χ2v) is 4.92. The zero-order valence-corrected chi connectivity index (χ0v) is 13.0. The van der Waals surface area contributed by atoms with Gasteiger partial charge in [0.2, 0.25) is 5.71 Å². The summed E-state index contributed by atoms with van der Waals surface area (Å²) in [6, 6.07) is 14.5. The molecule has 2 aromatic rings. The Morgan fingerprint density at radius 3 is 2.54 bits per heavy atom. The predicted molar refractivity (Wildman–Crippen MR) is 91.4 cm³/mol. The Morgan fingerprint density at radius 2 is 1.92 bits per heavy atom. The van der Waals surface area contributed by atoms with Gasteiger partial charge in [0.05, 0.1) is 11.3 Å². The van der Waals surface area contributed by atoms with E-state index < -0.39 is 11.8 Å². The zero-order valence-electron chi connectivity index (χ0n) is 12.3. The average Bonchev–Trinajstić information content (AvgIpc) is 2.57. The van der Waals surface area contributed by atoms with Crippen LogP contribution < -0.4 is 15.9 Å². The molecule has 0 aliphatic heterocycles. The van der Waals surface area contributed by atoms with E-state index in [1.807, 2.05) is 0 Å². The van der Waals surface area contributed by atoms with Crippen molar-refractivity contribution in [2.75, 3.05) is 5.43 Å². The number of carbonyl (C=O) groups excluding carboxylic acids is 1. The largest absolute Gasteiger partial charge is 0.423 e. The van der Waals surface area contributed by atoms with Crippen LogP contribution in [0.1, 0.15) is 10.4 Å². The number of ether oxygens (including phenoxy) is 1. The van der Waals surface area contributed by atoms with Crippen molar-refractivity contribution in [2.24, 2.45) is 10.8 Å². The van der Waals surface area contributed by atoms with Gasteiger partial charge >= 0.3 is 5.97 Å². The third kappa shape index (κ3) is 4.32. The molecule has 0 aliphatic carbocycles. The molecule has 120 valence electrons. The van der Waals surface area contributed by atoms with Gasteiger partial charge in [-0.25, -0.2) is 4.79 Å². The Balaban J connectivity index is 2.22. The number of hydrogen-bond donors (Lipinski definition) is 3. The first-order valence-electron chi connectivity index (χ1n) is 6.66. The summed E-state index contributed by atoms with van der Waals surface area (Å²) in [6.45, 7) is 0. The lowest BCUT2D eigenvalue weighted by Gasteiger charge is -2.09. The van der Waals surface area contributed by atoms with E-state index in [2.05, 4.69) is 10.5 Å². The molecule has 0 atom stereocenters. The summed E-state index contributed by atoms with van der Waals surface area (Å²) >= 11 is 5.78. The van der Waals surface area contributed by atoms with Crippen LogP contribution in [0.15, 0.2) is 53.6 Å². The summed E-state index contributed by atoms with van der Waals surface area (Å²) in [5, 5.41) is 20.3. The average molecular weight is 342 g/mol. The number of hydrazone groups is 1. The molecule has 0 fully saturated rings. The molecule has 0 bridgehead atoms. The molecule has 0 amide bonds. The molecule has 0 aliphatic rings. The molecule has 4 N–H and O–H groups in total. The van der Waals surface area contributed by atoms with E-state index in [0.29, 0.717) is 16.5 Å². The summed E-state index contributed by atoms with van der Waals surface area (Å²) in [5.74, 6) is -0.757. The van der Waals surface area contributed by atoms with Crippen molar-refractivity contribution in [3.8, 4) is 11.8 Å². The fraction of sp³-hybridized carbons (Fsp3) is 0. The number of benzene rings is 2. The van der Waals surface area contributed by atoms with Gasteiger partial charge in [-0.3, -0.25) is 10.8 Å². The minimum absolute atomic E-state index is 0.206. The number of rotatable bonds is 5. The highest BCUT2D eigenvalue weighted by molar-refractivity contribution is 6.45. The lowest BCUT2D eigenvalue weighted by molar-refractivity contribution is 0.0736. The summed E-state index contributed by atoms with van der Waals surface area (Å²) in [6.07, 6.45) is 0. The maximum Gasteiger partial charge on any atom is 0.345 e. The van der Waals surface area contributed by atoms with Crippen LogP contribution in [0.2, 0.25) is 5.02 Å². The first-order valence-corrected chi connectivity index (χ1v) is 7.04. The van der Waals surface area contributed by atoms with Crippen LogP contribution in [-0.2, 0) is 0 Å². The minimum Gasteiger partial charge on any atom is -0.423 e. The van der Waals surface area contributed by atoms with Gasteiger partial charge in [0.15, 0.2) is 5.84 Å². The first kappa shape index (κ1) is 17.0. The molecule has 0 unspecified atom stereocenters. The van der Waals surface area contributed by atoms with Crippen molar-refractivity contribution in [3.05, 3.63) is 59.1 Å². The van der Waals surface area contributed by atoms with Crippen molar-refractivity contribution in [3.63, 3.8) is 0 Å². The van der Waals surface area contributed by atoms with E-state index in [0.717, 1.165) is 0 Å². The SMILES string of the molecule is N#C/C(=N\Nc1ccccc1C(=O)Oc1ccc(Cl)cc1)C(=N)N. The summed E-state index contributed by atoms with van der Waals surface area (Å²) < 4.78 is 5.26. The number of esters is 1. The fourth-order valence-electron chi connectivity index (χ4n) is 1.68. The summed E-state index contributed by atoms with van der Waals surface area (Å²) in [5.41, 5.74) is 7.98. The topological polar surface area (TPSA) is 124 Å². The monoisotopic (exact) mass is 341 g/mol. The Kier molecular flexibility index (Phi) is 5.49. The molecule has 0 spiro atoms. The van der Waals surface area contributed by atoms with E-state index in [9.17, 15) is 4.79 Å². The van der Waals surface area contributed by atoms with Crippen LogP contribution >= 0.6 is 11.6 Å². The van der Waals surface area contributed by atoms with E-state index in [1.165, 1.54) is 6.07 Å². The zero-order chi connectivity index (χ0) is 17.5. The highest BCUT2D eigenvalue weighted by Gasteiger charge is 2.13. The lowest BCUT2D eigenvalue weighted by atomic mass is 10.2. The minimum atomic E-state index is -0.614. The summed E-state index contributed by atoms with van der Waals surface area (Å²) in [4.78, 5) is 12.3. The maximum atomic E-state index is 12.3. The second kappa shape index (κ2) is 7.76. The number of nitrogens with one attached hydrogen (secondary N) is 2. The van der Waals surface area contributed by atoms with Gasteiger partial charge in [0, 0.05) is 5.02 Å². The van der Waals surface area contributed by atoms with Crippen LogP contribution in [0.4, 0.5) is 5.69 Å². The van der Waals surface area contributed by atoms with Crippen molar-refractivity contribution in [2.45, 2.75) is 0 Å². The van der Waals surface area contributed by atoms with Gasteiger partial charge < -0.3 is 10.5 Å². The Morgan fingerprint density at radius 1 is 1.25 bits per heavy atom. The number of halogens is 1. The molecular weight excluding hydrogens is 330 g/mol. The number of carbonyl (C=O) groups is 1. The lowest BCUT2D eigenvalue weighted by Crippen LogP contribution is -2.22. The molecule has 24 heavy (non-hydrogen) atoms. The highest BCUT2D eigenvalue weighted by Crippen LogP contribution is 2.20. The molecule has 0 aromatic heterocycles. The van der Waals surface area contributed by atoms with Crippen LogP contribution in [0.5, 0.6) is 5.75 Å². The van der Waals surface area contributed by atoms with Crippen LogP contribution in [0.25, 0.3) is 0 Å². The smallest absolute Gasteiger partial charge is 0.345 e. The standard InChI is InChI=1S/C16H12ClN5O2/c17-10-5-7-11(8-6-10)24-16(23)12-3-1-2-4-13(12)21-22-14(9-18)15(19)20/h1-8,21H,(H3,19,20)/b22-14+. The Labute approximate surface area is 142 Å². The maximum absolute atomic E-state index is 12.3. The van der Waals surface area contributed by atoms with E-state index >= 15 is 0 Å². The number of hydrogen-bond acceptors (Lipinski definition) is 6. The Bertz CT molecular complexity index is 840. The normalized spacial score (nSPS) is 10.6. The van der Waals surface area contributed by atoms with Gasteiger partial charge in [-0.05, 0) is 36.4 Å². The van der Waals surface area contributed by atoms with Crippen molar-refractivity contribution in [1.29, 1.82) is 10.7 Å². The van der Waals surface area contributed by atoms with Crippen LogP contribution in [0.3, 0.4) is 0 Å². The van der Waals surface area contributed by atoms with Crippen molar-refractivity contribution >= 4 is 34.8 Å². The van der Waals surface area contributed by atoms with Gasteiger partial charge in [-0.1, -0.05) is 23.7 Å². The van der Waals surface area contributed by atoms with Crippen LogP contribution in [0, 0.1) is 16.7 Å². The first-order chi connectivity index (χ1) is 11.5. The van der Waals surface area contributed by atoms with E-state index in [-0.39, 0.29) is 11.3 Å². The van der Waals surface area contributed by atoms with Crippen molar-refractivity contribution in [1.82, 2.24) is 0 Å². The second-order valence-electron chi connectivity index (χ2n) is 4.49. The molecule has 0 saturated carbocycles. The number of para-hydroxylation sites is 1. The summed E-state index contributed by atoms with van der Waals surface area (Å²) in [7, 11) is 0. The number of nitrogens with zero attached hydrogens (tertiary/aromatic N) is 2. The fourth-order valence-corrected chi connectivity index (χ4v) is 1.81. The molecule has 2 aromatic carbocycles. The third-order valence-corrected chi connectivity index (χ3v) is 3.07. The molecule has 0 radical (unpaired) electrons. The molecule has 7 nitrogen and oxygen atoms in total. The molecule has 0 heterocycles.